The average molecular weight is 513 g/mol. The summed E-state index contributed by atoms with van der Waals surface area (Å²) in [5.41, 5.74) is 10.7. The van der Waals surface area contributed by atoms with E-state index in [-0.39, 0.29) is 0 Å². The van der Waals surface area contributed by atoms with Crippen molar-refractivity contribution in [1.82, 2.24) is 0 Å². The molecule has 0 fully saturated rings. The number of benzene rings is 2. The molecule has 1 aliphatic heterocycles. The predicted molar refractivity (Wildman–Crippen MR) is 142 cm³/mol. The van der Waals surface area contributed by atoms with Crippen LogP contribution < -0.4 is 9.80 Å². The van der Waals surface area contributed by atoms with Crippen molar-refractivity contribution in [3.8, 4) is 0 Å². The van der Waals surface area contributed by atoms with E-state index in [4.69, 9.17) is 18.6 Å². The van der Waals surface area contributed by atoms with Crippen LogP contribution in [-0.2, 0) is 17.0 Å². The zero-order valence-electron chi connectivity index (χ0n) is 21.2. The number of aryl methyl sites for hydroxylation is 6. The fourth-order valence-corrected chi connectivity index (χ4v) is 3.96. The fourth-order valence-electron chi connectivity index (χ4n) is 3.96. The summed E-state index contributed by atoms with van der Waals surface area (Å²) in [5, 5.41) is 7.00. The van der Waals surface area contributed by atoms with Gasteiger partial charge in [0.25, 0.3) is 0 Å². The zero-order valence-corrected chi connectivity index (χ0v) is 24.3. The number of hydrogen-bond donors (Lipinski definition) is 0. The van der Waals surface area contributed by atoms with Crippen LogP contribution in [0.1, 0.15) is 33.4 Å². The Labute approximate surface area is 213 Å². The van der Waals surface area contributed by atoms with E-state index in [9.17, 15) is 0 Å². The van der Waals surface area contributed by atoms with Crippen LogP contribution >= 0.6 is 18.6 Å². The van der Waals surface area contributed by atoms with Gasteiger partial charge in [-0.3, -0.25) is 0 Å². The second-order valence-electron chi connectivity index (χ2n) is 7.84. The Hall–Kier alpha value is -1.01. The van der Waals surface area contributed by atoms with Gasteiger partial charge in [0.05, 0.1) is 6.67 Å². The second kappa shape index (κ2) is 16.6. The Bertz CT molecular complexity index is 740. The Kier molecular flexibility index (Phi) is 16.1. The molecule has 4 nitrogen and oxygen atoms in total. The van der Waals surface area contributed by atoms with E-state index in [1.54, 1.807) is 28.2 Å². The molecule has 1 aliphatic rings. The quantitative estimate of drug-likeness (QED) is 0.383. The van der Waals surface area contributed by atoms with E-state index in [0.29, 0.717) is 0 Å². The third-order valence-electron chi connectivity index (χ3n) is 4.58. The number of nitrogens with zero attached hydrogens (tertiary/aromatic N) is 4. The topological polar surface area (TPSA) is 34.7 Å². The first-order valence-electron chi connectivity index (χ1n) is 10.4. The standard InChI is InChI=1S/C21H26N2.2C2H6N.2ClH.Ti/c1-14-9-16(3)20(17(4)10-14)22-7-8-23(13-22)21-18(5)11-15(2)12-19(21)6;2*1-3-2;;;/h7-12H,13H2,1-6H3;2*1-2H3;2*1H;/q;2*-1;;;+2/p-2. The maximum atomic E-state index is 4.89. The van der Waals surface area contributed by atoms with Crippen molar-refractivity contribution in [3.63, 3.8) is 0 Å². The molecule has 0 amide bonds. The van der Waals surface area contributed by atoms with Crippen molar-refractivity contribution in [2.24, 2.45) is 0 Å². The first-order valence-corrected chi connectivity index (χ1v) is 14.7. The van der Waals surface area contributed by atoms with Crippen LogP contribution in [0.5, 0.6) is 0 Å². The Balaban J connectivity index is 0.000000925. The van der Waals surface area contributed by atoms with Crippen LogP contribution in [-0.4, -0.2) is 34.9 Å². The van der Waals surface area contributed by atoms with Crippen molar-refractivity contribution in [2.45, 2.75) is 41.5 Å². The summed E-state index contributed by atoms with van der Waals surface area (Å²) < 4.78 is 0. The monoisotopic (exact) mass is 512 g/mol. The van der Waals surface area contributed by atoms with Crippen molar-refractivity contribution >= 4 is 30.0 Å². The maximum absolute atomic E-state index is 4.89. The van der Waals surface area contributed by atoms with Crippen molar-refractivity contribution in [3.05, 3.63) is 80.7 Å². The molecule has 0 aromatic heterocycles. The molecule has 1 heterocycles. The zero-order chi connectivity index (χ0) is 24.8. The van der Waals surface area contributed by atoms with Gasteiger partial charge < -0.3 is 20.4 Å². The summed E-state index contributed by atoms with van der Waals surface area (Å²) in [6.07, 6.45) is 4.40. The van der Waals surface area contributed by atoms with E-state index >= 15 is 0 Å². The van der Waals surface area contributed by atoms with E-state index in [2.05, 4.69) is 98.6 Å². The molecule has 0 bridgehead atoms. The van der Waals surface area contributed by atoms with Gasteiger partial charge in [-0.15, -0.1) is 0 Å². The third-order valence-corrected chi connectivity index (χ3v) is 4.58. The van der Waals surface area contributed by atoms with Gasteiger partial charge in [-0.2, -0.15) is 28.2 Å². The Morgan fingerprint density at radius 1 is 0.625 bits per heavy atom. The third kappa shape index (κ3) is 9.86. The van der Waals surface area contributed by atoms with Crippen LogP contribution in [0, 0.1) is 41.5 Å². The molecule has 3 rings (SSSR count). The van der Waals surface area contributed by atoms with E-state index in [0.717, 1.165) is 6.67 Å². The summed E-state index contributed by atoms with van der Waals surface area (Å²) in [6.45, 7) is 14.0. The van der Waals surface area contributed by atoms with Gasteiger partial charge in [0, 0.05) is 23.8 Å². The Morgan fingerprint density at radius 2 is 0.844 bits per heavy atom. The molecular formula is C25H38Cl2N4Ti-2. The first-order chi connectivity index (χ1) is 15.1. The SMILES string of the molecule is C[N-]C.C[N-]C.Cc1cc(C)c(N2C=CN(c3c(C)cc(C)cc3C)C2)c(C)c1.[Cl][Ti][Cl]. The van der Waals surface area contributed by atoms with Crippen LogP contribution in [0.25, 0.3) is 10.6 Å². The molecule has 0 unspecified atom stereocenters. The van der Waals surface area contributed by atoms with Crippen molar-refractivity contribution < 1.29 is 17.0 Å². The van der Waals surface area contributed by atoms with Crippen molar-refractivity contribution in [1.29, 1.82) is 0 Å². The van der Waals surface area contributed by atoms with Gasteiger partial charge in [-0.1, -0.05) is 35.4 Å². The molecule has 7 heteroatoms. The second-order valence-corrected chi connectivity index (χ2v) is 10.4. The molecule has 0 saturated heterocycles. The van der Waals surface area contributed by atoms with Crippen molar-refractivity contribution in [2.75, 3.05) is 44.7 Å². The molecule has 0 atom stereocenters. The number of rotatable bonds is 2. The Morgan fingerprint density at radius 3 is 1.06 bits per heavy atom. The summed E-state index contributed by atoms with van der Waals surface area (Å²) in [6, 6.07) is 9.06. The van der Waals surface area contributed by atoms with E-state index < -0.39 is 17.0 Å². The van der Waals surface area contributed by atoms with Gasteiger partial charge in [-0.05, 0) is 63.8 Å². The van der Waals surface area contributed by atoms with Gasteiger partial charge in [-0.25, -0.2) is 0 Å². The summed E-state index contributed by atoms with van der Waals surface area (Å²) in [5.74, 6) is 0. The van der Waals surface area contributed by atoms with Gasteiger partial charge in [0.1, 0.15) is 0 Å². The van der Waals surface area contributed by atoms with Crippen LogP contribution in [0.3, 0.4) is 0 Å². The number of halogens is 2. The number of hydrogen-bond acceptors (Lipinski definition) is 2. The van der Waals surface area contributed by atoms with E-state index in [1.807, 2.05) is 0 Å². The molecule has 0 aliphatic carbocycles. The summed E-state index contributed by atoms with van der Waals surface area (Å²) in [7, 11) is 16.8. The molecule has 178 valence electrons. The molecule has 0 N–H and O–H groups in total. The van der Waals surface area contributed by atoms with Gasteiger partial charge in [0.2, 0.25) is 0 Å². The molecule has 0 saturated carbocycles. The number of anilines is 2. The molecule has 2 aromatic rings. The molecular weight excluding hydrogens is 475 g/mol. The summed E-state index contributed by atoms with van der Waals surface area (Å²) in [4.78, 5) is 4.70. The van der Waals surface area contributed by atoms with E-state index in [1.165, 1.54) is 44.8 Å². The molecule has 0 radical (unpaired) electrons. The minimum atomic E-state index is -0.556. The predicted octanol–water partition coefficient (Wildman–Crippen LogP) is 7.91. The first kappa shape index (κ1) is 31.0. The summed E-state index contributed by atoms with van der Waals surface area (Å²) >= 11 is -0.556. The molecule has 0 spiro atoms. The van der Waals surface area contributed by atoms with Crippen LogP contribution in [0.15, 0.2) is 36.7 Å². The van der Waals surface area contributed by atoms with Crippen LogP contribution in [0.2, 0.25) is 0 Å². The minimum absolute atomic E-state index is 0.556. The average Bonchev–Trinajstić information content (AvgIpc) is 3.11. The van der Waals surface area contributed by atoms with Gasteiger partial charge >= 0.3 is 35.6 Å². The molecule has 32 heavy (non-hydrogen) atoms. The van der Waals surface area contributed by atoms with Gasteiger partial charge in [0.15, 0.2) is 0 Å². The molecule has 2 aromatic carbocycles. The normalized spacial score (nSPS) is 11.6. The fraction of sp³-hybridized carbons (Fsp3) is 0.440. The van der Waals surface area contributed by atoms with Crippen LogP contribution in [0.4, 0.5) is 11.4 Å².